The van der Waals surface area contributed by atoms with Gasteiger partial charge in [-0.25, -0.2) is 0 Å². The van der Waals surface area contributed by atoms with E-state index in [4.69, 9.17) is 0 Å². The molecule has 0 aliphatic heterocycles. The molecule has 0 amide bonds. The smallest absolute Gasteiger partial charge is 0.0864 e. The summed E-state index contributed by atoms with van der Waals surface area (Å²) in [6.07, 6.45) is 0. The Hall–Kier alpha value is -2.87. The van der Waals surface area contributed by atoms with Crippen LogP contribution in [0, 0.1) is 0 Å². The fraction of sp³-hybridized carbons (Fsp3) is 0.0952. The van der Waals surface area contributed by atoms with E-state index in [0.717, 1.165) is 16.7 Å². The molecule has 1 N–H and O–H groups in total. The third kappa shape index (κ3) is 2.53. The maximum absolute atomic E-state index is 9.64. The van der Waals surface area contributed by atoms with Crippen LogP contribution in [0.3, 0.4) is 0 Å². The molecule has 0 saturated heterocycles. The highest BCUT2D eigenvalue weighted by Crippen LogP contribution is 2.40. The minimum Gasteiger partial charge on any atom is -0.411 e. The van der Waals surface area contributed by atoms with E-state index in [1.54, 1.807) is 0 Å². The Morgan fingerprint density at radius 3 is 1.22 bits per heavy atom. The van der Waals surface area contributed by atoms with Crippen LogP contribution in [-0.4, -0.2) is 10.9 Å². The summed E-state index contributed by atoms with van der Waals surface area (Å²) in [5.74, 6) is 0. The van der Waals surface area contributed by atoms with E-state index in [2.05, 4.69) is 41.6 Å². The molecule has 0 saturated carbocycles. The first-order chi connectivity index (χ1) is 11.3. The fourth-order valence-electron chi connectivity index (χ4n) is 3.27. The lowest BCUT2D eigenvalue weighted by Crippen LogP contribution is -2.37. The predicted molar refractivity (Wildman–Crippen MR) is 94.1 cm³/mol. The maximum atomic E-state index is 9.64. The minimum atomic E-state index is -0.613. The standard InChI is InChI=1S/C21H19NO/c1-17(22-23)21(18-11-5-2-6-12-18,19-13-7-3-8-14-19)20-15-9-4-10-16-20/h2-16,23H,1H3. The number of oxime groups is 1. The summed E-state index contributed by atoms with van der Waals surface area (Å²) in [7, 11) is 0. The molecule has 0 radical (unpaired) electrons. The van der Waals surface area contributed by atoms with Crippen molar-refractivity contribution in [3.8, 4) is 0 Å². The Morgan fingerprint density at radius 1 is 0.652 bits per heavy atom. The zero-order valence-electron chi connectivity index (χ0n) is 13.1. The van der Waals surface area contributed by atoms with Gasteiger partial charge in [-0.1, -0.05) is 96.2 Å². The molecule has 3 aromatic rings. The molecule has 0 unspecified atom stereocenters. The van der Waals surface area contributed by atoms with E-state index in [1.165, 1.54) is 0 Å². The third-order valence-electron chi connectivity index (χ3n) is 4.31. The first-order valence-electron chi connectivity index (χ1n) is 7.66. The molecule has 2 nitrogen and oxygen atoms in total. The molecule has 23 heavy (non-hydrogen) atoms. The molecule has 0 aromatic heterocycles. The molecule has 0 aliphatic rings. The molecule has 2 heteroatoms. The highest BCUT2D eigenvalue weighted by molar-refractivity contribution is 5.99. The summed E-state index contributed by atoms with van der Waals surface area (Å²) in [5.41, 5.74) is 3.26. The Labute approximate surface area is 136 Å². The van der Waals surface area contributed by atoms with Gasteiger partial charge in [-0.05, 0) is 23.6 Å². The number of rotatable bonds is 4. The summed E-state index contributed by atoms with van der Waals surface area (Å²) in [4.78, 5) is 0. The molecule has 0 bridgehead atoms. The molecule has 114 valence electrons. The Kier molecular flexibility index (Phi) is 4.24. The highest BCUT2D eigenvalue weighted by Gasteiger charge is 2.39. The van der Waals surface area contributed by atoms with Gasteiger partial charge in [0.25, 0.3) is 0 Å². The van der Waals surface area contributed by atoms with E-state index >= 15 is 0 Å². The number of benzene rings is 3. The summed E-state index contributed by atoms with van der Waals surface area (Å²) in [5, 5.41) is 13.2. The number of hydrogen-bond donors (Lipinski definition) is 1. The van der Waals surface area contributed by atoms with Crippen LogP contribution in [0.5, 0.6) is 0 Å². The van der Waals surface area contributed by atoms with Crippen molar-refractivity contribution in [2.75, 3.05) is 0 Å². The lowest BCUT2D eigenvalue weighted by molar-refractivity contribution is 0.315. The van der Waals surface area contributed by atoms with Gasteiger partial charge in [0.15, 0.2) is 0 Å². The van der Waals surface area contributed by atoms with Crippen LogP contribution in [0.4, 0.5) is 0 Å². The Morgan fingerprint density at radius 2 is 0.957 bits per heavy atom. The lowest BCUT2D eigenvalue weighted by Gasteiger charge is -2.35. The van der Waals surface area contributed by atoms with E-state index in [9.17, 15) is 5.21 Å². The zero-order valence-corrected chi connectivity index (χ0v) is 13.1. The predicted octanol–water partition coefficient (Wildman–Crippen LogP) is 4.87. The summed E-state index contributed by atoms with van der Waals surface area (Å²) in [6, 6.07) is 30.5. The van der Waals surface area contributed by atoms with Crippen LogP contribution < -0.4 is 0 Å². The second-order valence-corrected chi connectivity index (χ2v) is 5.53. The molecular formula is C21H19NO. The Balaban J connectivity index is 2.41. The first kappa shape index (κ1) is 15.0. The SMILES string of the molecule is CC(=NO)C(c1ccccc1)(c1ccccc1)c1ccccc1. The van der Waals surface area contributed by atoms with Crippen LogP contribution >= 0.6 is 0 Å². The highest BCUT2D eigenvalue weighted by atomic mass is 16.4. The Bertz CT molecular complexity index is 683. The minimum absolute atomic E-state index is 0.613. The lowest BCUT2D eigenvalue weighted by atomic mass is 9.66. The quantitative estimate of drug-likeness (QED) is 0.317. The number of hydrogen-bond acceptors (Lipinski definition) is 2. The largest absolute Gasteiger partial charge is 0.411 e. The summed E-state index contributed by atoms with van der Waals surface area (Å²) < 4.78 is 0. The zero-order chi connectivity index (χ0) is 16.1. The van der Waals surface area contributed by atoms with Gasteiger partial charge in [0, 0.05) is 0 Å². The van der Waals surface area contributed by atoms with Crippen LogP contribution in [0.25, 0.3) is 0 Å². The number of nitrogens with zero attached hydrogens (tertiary/aromatic N) is 1. The van der Waals surface area contributed by atoms with Gasteiger partial charge >= 0.3 is 0 Å². The van der Waals surface area contributed by atoms with Gasteiger partial charge in [0.2, 0.25) is 0 Å². The van der Waals surface area contributed by atoms with Crippen molar-refractivity contribution in [2.45, 2.75) is 12.3 Å². The molecule has 0 fully saturated rings. The van der Waals surface area contributed by atoms with Crippen molar-refractivity contribution >= 4 is 5.71 Å². The van der Waals surface area contributed by atoms with Crippen molar-refractivity contribution in [2.24, 2.45) is 5.16 Å². The van der Waals surface area contributed by atoms with Crippen LogP contribution in [-0.2, 0) is 5.41 Å². The van der Waals surface area contributed by atoms with Crippen molar-refractivity contribution in [3.63, 3.8) is 0 Å². The molecule has 0 heterocycles. The van der Waals surface area contributed by atoms with Gasteiger partial charge in [0.05, 0.1) is 11.1 Å². The molecule has 0 spiro atoms. The van der Waals surface area contributed by atoms with Crippen LogP contribution in [0.2, 0.25) is 0 Å². The van der Waals surface area contributed by atoms with E-state index in [-0.39, 0.29) is 0 Å². The molecule has 3 rings (SSSR count). The van der Waals surface area contributed by atoms with Gasteiger partial charge in [-0.15, -0.1) is 0 Å². The van der Waals surface area contributed by atoms with Gasteiger partial charge < -0.3 is 5.21 Å². The maximum Gasteiger partial charge on any atom is 0.0864 e. The average Bonchev–Trinajstić information content (AvgIpc) is 2.65. The van der Waals surface area contributed by atoms with Crippen molar-refractivity contribution in [1.82, 2.24) is 0 Å². The molecule has 3 aromatic carbocycles. The fourth-order valence-corrected chi connectivity index (χ4v) is 3.27. The van der Waals surface area contributed by atoms with Gasteiger partial charge in [-0.2, -0.15) is 0 Å². The van der Waals surface area contributed by atoms with E-state index < -0.39 is 5.41 Å². The van der Waals surface area contributed by atoms with Crippen molar-refractivity contribution < 1.29 is 5.21 Å². The first-order valence-corrected chi connectivity index (χ1v) is 7.66. The van der Waals surface area contributed by atoms with Crippen LogP contribution in [0.15, 0.2) is 96.2 Å². The van der Waals surface area contributed by atoms with E-state index in [0.29, 0.717) is 5.71 Å². The summed E-state index contributed by atoms with van der Waals surface area (Å²) >= 11 is 0. The second-order valence-electron chi connectivity index (χ2n) is 5.53. The van der Waals surface area contributed by atoms with E-state index in [1.807, 2.05) is 61.5 Å². The van der Waals surface area contributed by atoms with Crippen molar-refractivity contribution in [1.29, 1.82) is 0 Å². The third-order valence-corrected chi connectivity index (χ3v) is 4.31. The molecule has 0 atom stereocenters. The average molecular weight is 301 g/mol. The molecule has 0 aliphatic carbocycles. The normalized spacial score (nSPS) is 12.1. The topological polar surface area (TPSA) is 32.6 Å². The second kappa shape index (κ2) is 6.49. The monoisotopic (exact) mass is 301 g/mol. The summed E-state index contributed by atoms with van der Waals surface area (Å²) in [6.45, 7) is 1.87. The van der Waals surface area contributed by atoms with Gasteiger partial charge in [0.1, 0.15) is 0 Å². The van der Waals surface area contributed by atoms with Gasteiger partial charge in [-0.3, -0.25) is 0 Å². The molecular weight excluding hydrogens is 282 g/mol. The van der Waals surface area contributed by atoms with Crippen molar-refractivity contribution in [3.05, 3.63) is 108 Å². The van der Waals surface area contributed by atoms with Crippen LogP contribution in [0.1, 0.15) is 23.6 Å².